The topological polar surface area (TPSA) is 70.9 Å². The molecule has 5 heteroatoms. The molecule has 0 saturated heterocycles. The smallest absolute Gasteiger partial charge is 0.260 e. The van der Waals surface area contributed by atoms with E-state index in [2.05, 4.69) is 10.5 Å². The van der Waals surface area contributed by atoms with Gasteiger partial charge in [-0.05, 0) is 51.8 Å². The van der Waals surface area contributed by atoms with E-state index in [1.165, 1.54) is 0 Å². The minimum absolute atomic E-state index is 0.112. The van der Waals surface area contributed by atoms with Crippen LogP contribution in [-0.4, -0.2) is 29.0 Å². The monoisotopic (exact) mass is 292 g/mol. The molecule has 21 heavy (non-hydrogen) atoms. The van der Waals surface area contributed by atoms with Crippen molar-refractivity contribution >= 4 is 11.6 Å². The molecule has 0 aliphatic rings. The number of hydrogen-bond acceptors (Lipinski definition) is 4. The third-order valence-electron chi connectivity index (χ3n) is 3.35. The molecule has 0 saturated carbocycles. The number of amides is 1. The molecular formula is C16H24N2O3. The first-order valence-corrected chi connectivity index (χ1v) is 7.15. The Morgan fingerprint density at radius 1 is 1.43 bits per heavy atom. The molecule has 116 valence electrons. The standard InChI is InChI=1S/C16H24N2O3/c1-6-11(3)17-16(19)13(5)21-15-9-10(2)7-8-14(15)12(4)18-20/h7-9,11,13,20H,6H2,1-5H3,(H,17,19). The van der Waals surface area contributed by atoms with Crippen LogP contribution in [0.3, 0.4) is 0 Å². The SMILES string of the molecule is CCC(C)NC(=O)C(C)Oc1cc(C)ccc1C(C)=NO. The Kier molecular flexibility index (Phi) is 6.21. The second kappa shape index (κ2) is 7.67. The van der Waals surface area contributed by atoms with Gasteiger partial charge in [0.15, 0.2) is 6.10 Å². The third kappa shape index (κ3) is 4.77. The lowest BCUT2D eigenvalue weighted by atomic mass is 10.1. The number of carbonyl (C=O) groups is 1. The van der Waals surface area contributed by atoms with E-state index >= 15 is 0 Å². The van der Waals surface area contributed by atoms with Crippen molar-refractivity contribution in [1.82, 2.24) is 5.32 Å². The third-order valence-corrected chi connectivity index (χ3v) is 3.35. The van der Waals surface area contributed by atoms with E-state index in [1.807, 2.05) is 39.0 Å². The number of carbonyl (C=O) groups excluding carboxylic acids is 1. The molecule has 1 aromatic carbocycles. The van der Waals surface area contributed by atoms with E-state index in [-0.39, 0.29) is 11.9 Å². The Labute approximate surface area is 126 Å². The van der Waals surface area contributed by atoms with Crippen LogP contribution in [0.2, 0.25) is 0 Å². The fourth-order valence-corrected chi connectivity index (χ4v) is 1.79. The van der Waals surface area contributed by atoms with E-state index in [0.29, 0.717) is 17.0 Å². The second-order valence-electron chi connectivity index (χ2n) is 5.26. The Hall–Kier alpha value is -2.04. The molecule has 0 bridgehead atoms. The number of aryl methyl sites for hydroxylation is 1. The number of nitrogens with zero attached hydrogens (tertiary/aromatic N) is 1. The largest absolute Gasteiger partial charge is 0.480 e. The highest BCUT2D eigenvalue weighted by atomic mass is 16.5. The summed E-state index contributed by atoms with van der Waals surface area (Å²) in [4.78, 5) is 12.0. The van der Waals surface area contributed by atoms with Gasteiger partial charge in [0.1, 0.15) is 5.75 Å². The molecule has 0 heterocycles. The molecule has 0 fully saturated rings. The van der Waals surface area contributed by atoms with Gasteiger partial charge in [0.25, 0.3) is 5.91 Å². The lowest BCUT2D eigenvalue weighted by Gasteiger charge is -2.19. The van der Waals surface area contributed by atoms with Gasteiger partial charge >= 0.3 is 0 Å². The van der Waals surface area contributed by atoms with Crippen LogP contribution in [0.5, 0.6) is 5.75 Å². The zero-order valence-electron chi connectivity index (χ0n) is 13.3. The Morgan fingerprint density at radius 2 is 2.10 bits per heavy atom. The van der Waals surface area contributed by atoms with Crippen molar-refractivity contribution in [3.05, 3.63) is 29.3 Å². The maximum Gasteiger partial charge on any atom is 0.260 e. The number of ether oxygens (including phenoxy) is 1. The van der Waals surface area contributed by atoms with Crippen LogP contribution < -0.4 is 10.1 Å². The number of benzene rings is 1. The van der Waals surface area contributed by atoms with Crippen LogP contribution in [0, 0.1) is 6.92 Å². The van der Waals surface area contributed by atoms with E-state index in [4.69, 9.17) is 9.94 Å². The molecule has 2 atom stereocenters. The molecular weight excluding hydrogens is 268 g/mol. The summed E-state index contributed by atoms with van der Waals surface area (Å²) in [5, 5.41) is 15.0. The quantitative estimate of drug-likeness (QED) is 0.481. The predicted octanol–water partition coefficient (Wildman–Crippen LogP) is 2.88. The van der Waals surface area contributed by atoms with Gasteiger partial charge in [-0.25, -0.2) is 0 Å². The molecule has 0 radical (unpaired) electrons. The van der Waals surface area contributed by atoms with Crippen molar-refractivity contribution in [3.8, 4) is 5.75 Å². The maximum absolute atomic E-state index is 12.0. The molecule has 2 N–H and O–H groups in total. The summed E-state index contributed by atoms with van der Waals surface area (Å²) in [5.41, 5.74) is 2.12. The normalized spacial score (nSPS) is 14.4. The molecule has 0 spiro atoms. The van der Waals surface area contributed by atoms with Crippen LogP contribution in [0.25, 0.3) is 0 Å². The van der Waals surface area contributed by atoms with Gasteiger partial charge in [0, 0.05) is 11.6 Å². The maximum atomic E-state index is 12.0. The minimum Gasteiger partial charge on any atom is -0.480 e. The Balaban J connectivity index is 2.91. The molecule has 1 aromatic rings. The van der Waals surface area contributed by atoms with Crippen LogP contribution in [0.1, 0.15) is 45.2 Å². The van der Waals surface area contributed by atoms with Gasteiger partial charge in [-0.2, -0.15) is 0 Å². The van der Waals surface area contributed by atoms with E-state index in [0.717, 1.165) is 12.0 Å². The summed E-state index contributed by atoms with van der Waals surface area (Å²) in [5.74, 6) is 0.382. The van der Waals surface area contributed by atoms with Crippen molar-refractivity contribution in [1.29, 1.82) is 0 Å². The van der Waals surface area contributed by atoms with Gasteiger partial charge in [0.05, 0.1) is 5.71 Å². The molecule has 1 rings (SSSR count). The predicted molar refractivity (Wildman–Crippen MR) is 83.2 cm³/mol. The van der Waals surface area contributed by atoms with Gasteiger partial charge in [-0.1, -0.05) is 18.1 Å². The number of hydrogen-bond donors (Lipinski definition) is 2. The lowest BCUT2D eigenvalue weighted by molar-refractivity contribution is -0.127. The molecule has 5 nitrogen and oxygen atoms in total. The van der Waals surface area contributed by atoms with Crippen LogP contribution in [0.15, 0.2) is 23.4 Å². The highest BCUT2D eigenvalue weighted by Gasteiger charge is 2.18. The fourth-order valence-electron chi connectivity index (χ4n) is 1.79. The number of rotatable bonds is 6. The first kappa shape index (κ1) is 17.0. The van der Waals surface area contributed by atoms with Crippen molar-refractivity contribution in [2.24, 2.45) is 5.16 Å². The van der Waals surface area contributed by atoms with Crippen molar-refractivity contribution in [3.63, 3.8) is 0 Å². The van der Waals surface area contributed by atoms with Crippen LogP contribution in [-0.2, 0) is 4.79 Å². The average Bonchev–Trinajstić information content (AvgIpc) is 2.46. The van der Waals surface area contributed by atoms with Crippen LogP contribution >= 0.6 is 0 Å². The Morgan fingerprint density at radius 3 is 2.67 bits per heavy atom. The highest BCUT2D eigenvalue weighted by molar-refractivity contribution is 6.00. The summed E-state index contributed by atoms with van der Waals surface area (Å²) in [6.07, 6.45) is 0.246. The lowest BCUT2D eigenvalue weighted by Crippen LogP contribution is -2.41. The summed E-state index contributed by atoms with van der Waals surface area (Å²) in [6.45, 7) is 9.28. The van der Waals surface area contributed by atoms with Gasteiger partial charge < -0.3 is 15.3 Å². The average molecular weight is 292 g/mol. The molecule has 1 amide bonds. The van der Waals surface area contributed by atoms with E-state index in [9.17, 15) is 4.79 Å². The minimum atomic E-state index is -0.619. The second-order valence-corrected chi connectivity index (χ2v) is 5.26. The zero-order chi connectivity index (χ0) is 16.0. The fraction of sp³-hybridized carbons (Fsp3) is 0.500. The van der Waals surface area contributed by atoms with E-state index < -0.39 is 6.10 Å². The number of oxime groups is 1. The van der Waals surface area contributed by atoms with E-state index in [1.54, 1.807) is 13.8 Å². The molecule has 0 aliphatic heterocycles. The van der Waals surface area contributed by atoms with Crippen molar-refractivity contribution < 1.29 is 14.7 Å². The van der Waals surface area contributed by atoms with Crippen molar-refractivity contribution in [2.75, 3.05) is 0 Å². The van der Waals surface area contributed by atoms with Gasteiger partial charge in [-0.15, -0.1) is 0 Å². The van der Waals surface area contributed by atoms with Crippen molar-refractivity contribution in [2.45, 2.75) is 53.2 Å². The van der Waals surface area contributed by atoms with Crippen LogP contribution in [0.4, 0.5) is 0 Å². The zero-order valence-corrected chi connectivity index (χ0v) is 13.3. The number of nitrogens with one attached hydrogen (secondary N) is 1. The summed E-state index contributed by atoms with van der Waals surface area (Å²) >= 11 is 0. The highest BCUT2D eigenvalue weighted by Crippen LogP contribution is 2.22. The van der Waals surface area contributed by atoms with Gasteiger partial charge in [0.2, 0.25) is 0 Å². The Bertz CT molecular complexity index is 526. The molecule has 0 aromatic heterocycles. The van der Waals surface area contributed by atoms with Gasteiger partial charge in [-0.3, -0.25) is 4.79 Å². The molecule has 2 unspecified atom stereocenters. The summed E-state index contributed by atoms with van der Waals surface area (Å²) in [6, 6.07) is 5.66. The first-order valence-electron chi connectivity index (χ1n) is 7.15. The summed E-state index contributed by atoms with van der Waals surface area (Å²) < 4.78 is 5.75. The summed E-state index contributed by atoms with van der Waals surface area (Å²) in [7, 11) is 0. The first-order chi connectivity index (χ1) is 9.88. The molecule has 0 aliphatic carbocycles.